The van der Waals surface area contributed by atoms with Gasteiger partial charge in [0, 0.05) is 5.57 Å². The van der Waals surface area contributed by atoms with E-state index < -0.39 is 36.0 Å². The molecule has 0 bridgehead atoms. The summed E-state index contributed by atoms with van der Waals surface area (Å²) in [4.78, 5) is 34.2. The second-order valence-electron chi connectivity index (χ2n) is 5.82. The summed E-state index contributed by atoms with van der Waals surface area (Å²) < 4.78 is 4.97. The van der Waals surface area contributed by atoms with Crippen molar-refractivity contribution in [2.45, 2.75) is 45.8 Å². The summed E-state index contributed by atoms with van der Waals surface area (Å²) in [6.45, 7) is 9.49. The molecule has 8 nitrogen and oxygen atoms in total. The molecule has 23 heavy (non-hydrogen) atoms. The number of nitrogens with one attached hydrogen (secondary N) is 2. The smallest absolute Gasteiger partial charge is 0.408 e. The van der Waals surface area contributed by atoms with E-state index in [9.17, 15) is 19.5 Å². The number of ether oxygens (including phenoxy) is 1. The molecule has 0 aliphatic heterocycles. The van der Waals surface area contributed by atoms with Gasteiger partial charge in [0.15, 0.2) is 0 Å². The van der Waals surface area contributed by atoms with E-state index in [1.165, 1.54) is 13.0 Å². The van der Waals surface area contributed by atoms with Crippen molar-refractivity contribution in [3.8, 4) is 0 Å². The Morgan fingerprint density at radius 1 is 1.26 bits per heavy atom. The number of hydrogen-bond acceptors (Lipinski definition) is 5. The third-order valence-corrected chi connectivity index (χ3v) is 2.52. The van der Waals surface area contributed by atoms with Crippen LogP contribution in [0.15, 0.2) is 24.0 Å². The van der Waals surface area contributed by atoms with E-state index in [4.69, 9.17) is 9.84 Å². The zero-order chi connectivity index (χ0) is 18.2. The first-order chi connectivity index (χ1) is 10.5. The molecular weight excluding hydrogens is 304 g/mol. The summed E-state index contributed by atoms with van der Waals surface area (Å²) >= 11 is 0. The Morgan fingerprint density at radius 3 is 2.22 bits per heavy atom. The maximum absolute atomic E-state index is 11.8. The van der Waals surface area contributed by atoms with E-state index in [0.29, 0.717) is 0 Å². The lowest BCUT2D eigenvalue weighted by Gasteiger charge is -2.21. The molecule has 8 heteroatoms. The number of carbonyl (C=O) groups excluding carboxylic acids is 2. The molecule has 0 aromatic carbocycles. The Bertz CT molecular complexity index is 501. The Labute approximate surface area is 135 Å². The Morgan fingerprint density at radius 2 is 1.83 bits per heavy atom. The van der Waals surface area contributed by atoms with Crippen LogP contribution in [0.2, 0.25) is 0 Å². The number of amides is 2. The number of rotatable bonds is 7. The van der Waals surface area contributed by atoms with Crippen molar-refractivity contribution in [2.75, 3.05) is 6.54 Å². The van der Waals surface area contributed by atoms with Gasteiger partial charge in [-0.2, -0.15) is 0 Å². The first-order valence-electron chi connectivity index (χ1n) is 6.96. The topological polar surface area (TPSA) is 125 Å². The summed E-state index contributed by atoms with van der Waals surface area (Å²) in [7, 11) is 0. The lowest BCUT2D eigenvalue weighted by atomic mass is 10.0. The second-order valence-corrected chi connectivity index (χ2v) is 5.82. The molecule has 0 saturated carbocycles. The lowest BCUT2D eigenvalue weighted by molar-refractivity contribution is -0.137. The normalized spacial score (nSPS) is 13.4. The molecule has 0 heterocycles. The van der Waals surface area contributed by atoms with E-state index in [-0.39, 0.29) is 17.9 Å². The molecule has 0 spiro atoms. The standard InChI is InChI=1S/C15H24N2O6/c1-6-10(9(2)18)11(7-13(20)21)17-12(19)8-16-14(22)23-15(3,4)5/h6,11,18H,1,7-8H2,2-5H3,(H,16,22)(H,17,19)(H,20,21)/b10-9-. The van der Waals surface area contributed by atoms with Crippen LogP contribution < -0.4 is 10.6 Å². The lowest BCUT2D eigenvalue weighted by Crippen LogP contribution is -2.44. The van der Waals surface area contributed by atoms with Crippen molar-refractivity contribution in [3.05, 3.63) is 24.0 Å². The maximum atomic E-state index is 11.8. The molecule has 0 fully saturated rings. The van der Waals surface area contributed by atoms with Gasteiger partial charge in [0.25, 0.3) is 0 Å². The predicted octanol–water partition coefficient (Wildman–Crippen LogP) is 1.49. The van der Waals surface area contributed by atoms with Gasteiger partial charge in [-0.25, -0.2) is 4.79 Å². The SMILES string of the molecule is C=C/C(=C(\C)O)C(CC(=O)O)NC(=O)CNC(=O)OC(C)(C)C. The molecule has 0 aliphatic carbocycles. The van der Waals surface area contributed by atoms with Crippen molar-refractivity contribution < 1.29 is 29.3 Å². The number of alkyl carbamates (subject to hydrolysis) is 1. The zero-order valence-corrected chi connectivity index (χ0v) is 13.8. The first kappa shape index (κ1) is 20.5. The molecule has 0 aromatic heterocycles. The Hall–Kier alpha value is -2.51. The van der Waals surface area contributed by atoms with Gasteiger partial charge in [0.1, 0.15) is 12.1 Å². The molecule has 0 rings (SSSR count). The highest BCUT2D eigenvalue weighted by atomic mass is 16.6. The van der Waals surface area contributed by atoms with Crippen molar-refractivity contribution in [3.63, 3.8) is 0 Å². The van der Waals surface area contributed by atoms with Gasteiger partial charge in [0.05, 0.1) is 18.2 Å². The predicted molar refractivity (Wildman–Crippen MR) is 83.9 cm³/mol. The van der Waals surface area contributed by atoms with Crippen LogP contribution >= 0.6 is 0 Å². The molecule has 0 saturated heterocycles. The average molecular weight is 328 g/mol. The van der Waals surface area contributed by atoms with Gasteiger partial charge in [-0.3, -0.25) is 9.59 Å². The van der Waals surface area contributed by atoms with Gasteiger partial charge < -0.3 is 25.6 Å². The number of aliphatic carboxylic acids is 1. The minimum absolute atomic E-state index is 0.147. The zero-order valence-electron chi connectivity index (χ0n) is 13.8. The number of hydrogen-bond donors (Lipinski definition) is 4. The highest BCUT2D eigenvalue weighted by Crippen LogP contribution is 2.12. The number of aliphatic hydroxyl groups is 1. The van der Waals surface area contributed by atoms with E-state index in [2.05, 4.69) is 17.2 Å². The van der Waals surface area contributed by atoms with Crippen molar-refractivity contribution in [2.24, 2.45) is 0 Å². The molecular formula is C15H24N2O6. The van der Waals surface area contributed by atoms with Crippen LogP contribution in [0.1, 0.15) is 34.1 Å². The highest BCUT2D eigenvalue weighted by molar-refractivity contribution is 5.83. The second kappa shape index (κ2) is 8.82. The van der Waals surface area contributed by atoms with E-state index in [0.717, 1.165) is 0 Å². The molecule has 1 atom stereocenters. The molecule has 1 unspecified atom stereocenters. The van der Waals surface area contributed by atoms with Crippen LogP contribution in [0.25, 0.3) is 0 Å². The van der Waals surface area contributed by atoms with E-state index in [1.807, 2.05) is 0 Å². The highest BCUT2D eigenvalue weighted by Gasteiger charge is 2.22. The Balaban J connectivity index is 4.74. The number of carboxylic acids is 1. The van der Waals surface area contributed by atoms with Crippen LogP contribution in [-0.2, 0) is 14.3 Å². The minimum Gasteiger partial charge on any atom is -0.512 e. The van der Waals surface area contributed by atoms with Gasteiger partial charge >= 0.3 is 12.1 Å². The maximum Gasteiger partial charge on any atom is 0.408 e. The van der Waals surface area contributed by atoms with Crippen LogP contribution in [0, 0.1) is 0 Å². The molecule has 130 valence electrons. The molecule has 2 amide bonds. The fourth-order valence-electron chi connectivity index (χ4n) is 1.67. The van der Waals surface area contributed by atoms with Crippen molar-refractivity contribution in [1.29, 1.82) is 0 Å². The third-order valence-electron chi connectivity index (χ3n) is 2.52. The molecule has 0 aromatic rings. The summed E-state index contributed by atoms with van der Waals surface area (Å²) in [6, 6.07) is -0.956. The third kappa shape index (κ3) is 9.18. The summed E-state index contributed by atoms with van der Waals surface area (Å²) in [5, 5.41) is 23.1. The van der Waals surface area contributed by atoms with Crippen LogP contribution in [-0.4, -0.2) is 46.4 Å². The fourth-order valence-corrected chi connectivity index (χ4v) is 1.67. The van der Waals surface area contributed by atoms with Crippen LogP contribution in [0.3, 0.4) is 0 Å². The summed E-state index contributed by atoms with van der Waals surface area (Å²) in [6.07, 6.45) is 0.0716. The summed E-state index contributed by atoms with van der Waals surface area (Å²) in [5.41, 5.74) is -0.503. The number of carbonyl (C=O) groups is 3. The van der Waals surface area contributed by atoms with E-state index in [1.54, 1.807) is 20.8 Å². The van der Waals surface area contributed by atoms with Crippen molar-refractivity contribution in [1.82, 2.24) is 10.6 Å². The molecule has 0 aliphatic rings. The van der Waals surface area contributed by atoms with Gasteiger partial charge in [-0.15, -0.1) is 0 Å². The van der Waals surface area contributed by atoms with E-state index >= 15 is 0 Å². The Kier molecular flexibility index (Phi) is 7.86. The van der Waals surface area contributed by atoms with Crippen molar-refractivity contribution >= 4 is 18.0 Å². The quantitative estimate of drug-likeness (QED) is 0.414. The monoisotopic (exact) mass is 328 g/mol. The summed E-state index contributed by atoms with van der Waals surface area (Å²) in [5.74, 6) is -1.93. The number of aliphatic hydroxyl groups excluding tert-OH is 1. The first-order valence-corrected chi connectivity index (χ1v) is 6.96. The van der Waals surface area contributed by atoms with Gasteiger partial charge in [0.2, 0.25) is 5.91 Å². The van der Waals surface area contributed by atoms with Gasteiger partial charge in [-0.05, 0) is 27.7 Å². The molecule has 4 N–H and O–H groups in total. The molecule has 0 radical (unpaired) electrons. The fraction of sp³-hybridized carbons (Fsp3) is 0.533. The van der Waals surface area contributed by atoms with Crippen LogP contribution in [0.5, 0.6) is 0 Å². The van der Waals surface area contributed by atoms with Crippen LogP contribution in [0.4, 0.5) is 4.79 Å². The number of carboxylic acid groups (broad SMARTS) is 1. The average Bonchev–Trinajstić information content (AvgIpc) is 2.33. The van der Waals surface area contributed by atoms with Gasteiger partial charge in [-0.1, -0.05) is 12.7 Å². The minimum atomic E-state index is -1.16. The number of allylic oxidation sites excluding steroid dienone is 1. The largest absolute Gasteiger partial charge is 0.512 e.